The van der Waals surface area contributed by atoms with Crippen LogP contribution in [0.4, 0.5) is 11.8 Å². The van der Waals surface area contributed by atoms with E-state index in [2.05, 4.69) is 27.1 Å². The zero-order chi connectivity index (χ0) is 19.2. The molecular weight excluding hydrogens is 342 g/mol. The van der Waals surface area contributed by atoms with E-state index in [-0.39, 0.29) is 6.04 Å². The Bertz CT molecular complexity index is 727. The Balaban J connectivity index is 1.46. The molecule has 0 aliphatic carbocycles. The summed E-state index contributed by atoms with van der Waals surface area (Å²) >= 11 is 0. The van der Waals surface area contributed by atoms with Crippen LogP contribution in [-0.4, -0.2) is 48.9 Å². The molecule has 2 aromatic rings. The van der Waals surface area contributed by atoms with Crippen molar-refractivity contribution in [1.82, 2.24) is 15.3 Å². The highest BCUT2D eigenvalue weighted by Gasteiger charge is 2.22. The van der Waals surface area contributed by atoms with Crippen LogP contribution in [0.5, 0.6) is 11.5 Å². The Morgan fingerprint density at radius 3 is 2.59 bits per heavy atom. The molecule has 1 saturated heterocycles. The fourth-order valence-corrected chi connectivity index (χ4v) is 3.41. The predicted octanol–water partition coefficient (Wildman–Crippen LogP) is 2.40. The van der Waals surface area contributed by atoms with Gasteiger partial charge in [0.15, 0.2) is 11.5 Å². The number of hydrogen-bond donors (Lipinski definition) is 2. The molecule has 0 saturated carbocycles. The monoisotopic (exact) mass is 371 g/mol. The van der Waals surface area contributed by atoms with Crippen molar-refractivity contribution in [1.29, 1.82) is 0 Å². The minimum atomic E-state index is 0.253. The number of methoxy groups -OCH3 is 1. The third-order valence-corrected chi connectivity index (χ3v) is 4.76. The van der Waals surface area contributed by atoms with Gasteiger partial charge in [-0.25, -0.2) is 4.98 Å². The quantitative estimate of drug-likeness (QED) is 0.773. The average molecular weight is 371 g/mol. The van der Waals surface area contributed by atoms with Gasteiger partial charge in [0.2, 0.25) is 5.95 Å². The SMILES string of the molecule is COc1ccccc1OC[C@@H](C)NC1CCN(c2cc(C)nc(N)n2)CC1. The summed E-state index contributed by atoms with van der Waals surface area (Å²) in [7, 11) is 1.66. The molecule has 1 aliphatic rings. The summed E-state index contributed by atoms with van der Waals surface area (Å²) in [5, 5.41) is 3.67. The number of benzene rings is 1. The number of anilines is 2. The molecule has 3 N–H and O–H groups in total. The Morgan fingerprint density at radius 1 is 1.22 bits per heavy atom. The van der Waals surface area contributed by atoms with Crippen molar-refractivity contribution < 1.29 is 9.47 Å². The van der Waals surface area contributed by atoms with E-state index in [1.54, 1.807) is 7.11 Å². The molecular formula is C20H29N5O2. The molecule has 146 valence electrons. The number of hydrogen-bond acceptors (Lipinski definition) is 7. The van der Waals surface area contributed by atoms with Crippen molar-refractivity contribution in [2.24, 2.45) is 0 Å². The molecule has 0 amide bonds. The van der Waals surface area contributed by atoms with E-state index < -0.39 is 0 Å². The zero-order valence-corrected chi connectivity index (χ0v) is 16.3. The van der Waals surface area contributed by atoms with Crippen molar-refractivity contribution in [2.45, 2.75) is 38.8 Å². The first kappa shape index (κ1) is 19.2. The average Bonchev–Trinajstić information content (AvgIpc) is 2.66. The fraction of sp³-hybridized carbons (Fsp3) is 0.500. The molecule has 7 nitrogen and oxygen atoms in total. The Hall–Kier alpha value is -2.54. The second-order valence-corrected chi connectivity index (χ2v) is 7.02. The van der Waals surface area contributed by atoms with E-state index >= 15 is 0 Å². The molecule has 3 rings (SSSR count). The molecule has 1 aromatic carbocycles. The summed E-state index contributed by atoms with van der Waals surface area (Å²) in [5.74, 6) is 2.80. The minimum absolute atomic E-state index is 0.253. The van der Waals surface area contributed by atoms with Crippen LogP contribution in [0.2, 0.25) is 0 Å². The van der Waals surface area contributed by atoms with Gasteiger partial charge in [0.05, 0.1) is 7.11 Å². The van der Waals surface area contributed by atoms with Gasteiger partial charge in [0.25, 0.3) is 0 Å². The van der Waals surface area contributed by atoms with Crippen molar-refractivity contribution in [3.8, 4) is 11.5 Å². The van der Waals surface area contributed by atoms with Gasteiger partial charge in [-0.2, -0.15) is 4.98 Å². The maximum absolute atomic E-state index is 5.92. The van der Waals surface area contributed by atoms with Gasteiger partial charge in [0, 0.05) is 36.9 Å². The van der Waals surface area contributed by atoms with Crippen molar-refractivity contribution >= 4 is 11.8 Å². The smallest absolute Gasteiger partial charge is 0.222 e. The first-order valence-corrected chi connectivity index (χ1v) is 9.43. The normalized spacial score (nSPS) is 16.2. The first-order valence-electron chi connectivity index (χ1n) is 9.43. The lowest BCUT2D eigenvalue weighted by Crippen LogP contribution is -2.47. The molecule has 1 aliphatic heterocycles. The maximum atomic E-state index is 5.92. The van der Waals surface area contributed by atoms with Crippen LogP contribution < -0.4 is 25.4 Å². The Kier molecular flexibility index (Phi) is 6.34. The number of nitrogens with two attached hydrogens (primary N) is 1. The highest BCUT2D eigenvalue weighted by atomic mass is 16.5. The second kappa shape index (κ2) is 8.90. The van der Waals surface area contributed by atoms with E-state index in [0.29, 0.717) is 18.6 Å². The van der Waals surface area contributed by atoms with Crippen LogP contribution in [0.1, 0.15) is 25.5 Å². The fourth-order valence-electron chi connectivity index (χ4n) is 3.41. The molecule has 1 aromatic heterocycles. The van der Waals surface area contributed by atoms with Crippen LogP contribution >= 0.6 is 0 Å². The van der Waals surface area contributed by atoms with Crippen LogP contribution in [-0.2, 0) is 0 Å². The van der Waals surface area contributed by atoms with E-state index in [1.807, 2.05) is 37.3 Å². The first-order chi connectivity index (χ1) is 13.0. The summed E-state index contributed by atoms with van der Waals surface area (Å²) in [6.45, 7) is 6.60. The Labute approximate surface area is 160 Å². The number of nitrogen functional groups attached to an aromatic ring is 1. The highest BCUT2D eigenvalue weighted by molar-refractivity contribution is 5.43. The van der Waals surface area contributed by atoms with E-state index in [4.69, 9.17) is 15.2 Å². The highest BCUT2D eigenvalue weighted by Crippen LogP contribution is 2.26. The molecule has 0 radical (unpaired) electrons. The summed E-state index contributed by atoms with van der Waals surface area (Å²) < 4.78 is 11.2. The number of ether oxygens (including phenoxy) is 2. The second-order valence-electron chi connectivity index (χ2n) is 7.02. The molecule has 2 heterocycles. The molecule has 7 heteroatoms. The number of nitrogens with zero attached hydrogens (tertiary/aromatic N) is 3. The molecule has 0 bridgehead atoms. The molecule has 0 unspecified atom stereocenters. The Morgan fingerprint density at radius 2 is 1.93 bits per heavy atom. The van der Waals surface area contributed by atoms with Crippen molar-refractivity contribution in [3.63, 3.8) is 0 Å². The van der Waals surface area contributed by atoms with Crippen LogP contribution in [0.25, 0.3) is 0 Å². The summed E-state index contributed by atoms with van der Waals surface area (Å²) in [6.07, 6.45) is 2.11. The number of rotatable bonds is 7. The molecule has 0 spiro atoms. The zero-order valence-electron chi connectivity index (χ0n) is 16.3. The summed E-state index contributed by atoms with van der Waals surface area (Å²) in [6, 6.07) is 10.4. The molecule has 1 fully saturated rings. The van der Waals surface area contributed by atoms with Crippen LogP contribution in [0, 0.1) is 6.92 Å². The van der Waals surface area contributed by atoms with Gasteiger partial charge in [0.1, 0.15) is 12.4 Å². The topological polar surface area (TPSA) is 85.5 Å². The maximum Gasteiger partial charge on any atom is 0.222 e. The largest absolute Gasteiger partial charge is 0.493 e. The lowest BCUT2D eigenvalue weighted by Gasteiger charge is -2.34. The third kappa shape index (κ3) is 5.23. The minimum Gasteiger partial charge on any atom is -0.493 e. The van der Waals surface area contributed by atoms with Crippen molar-refractivity contribution in [3.05, 3.63) is 36.0 Å². The standard InChI is InChI=1S/C20H29N5O2/c1-14-12-19(24-20(21)23-14)25-10-8-16(9-11-25)22-15(2)13-27-18-7-5-4-6-17(18)26-3/h4-7,12,15-16,22H,8-11,13H2,1-3H3,(H2,21,23,24)/t15-/m1/s1. The van der Waals surface area contributed by atoms with Crippen molar-refractivity contribution in [2.75, 3.05) is 37.4 Å². The number of aryl methyl sites for hydroxylation is 1. The van der Waals surface area contributed by atoms with Gasteiger partial charge in [-0.15, -0.1) is 0 Å². The summed E-state index contributed by atoms with van der Waals surface area (Å²) in [5.41, 5.74) is 6.68. The number of nitrogens with one attached hydrogen (secondary N) is 1. The van der Waals surface area contributed by atoms with E-state index in [9.17, 15) is 0 Å². The van der Waals surface area contributed by atoms with Gasteiger partial charge < -0.3 is 25.4 Å². The van der Waals surface area contributed by atoms with Gasteiger partial charge in [-0.1, -0.05) is 12.1 Å². The van der Waals surface area contributed by atoms with Gasteiger partial charge in [-0.05, 0) is 38.8 Å². The van der Waals surface area contributed by atoms with Gasteiger partial charge in [-0.3, -0.25) is 0 Å². The third-order valence-electron chi connectivity index (χ3n) is 4.76. The van der Waals surface area contributed by atoms with E-state index in [0.717, 1.165) is 48.9 Å². The number of aromatic nitrogens is 2. The lowest BCUT2D eigenvalue weighted by atomic mass is 10.0. The lowest BCUT2D eigenvalue weighted by molar-refractivity contribution is 0.242. The van der Waals surface area contributed by atoms with E-state index in [1.165, 1.54) is 0 Å². The molecule has 27 heavy (non-hydrogen) atoms. The van der Waals surface area contributed by atoms with Crippen LogP contribution in [0.15, 0.2) is 30.3 Å². The summed E-state index contributed by atoms with van der Waals surface area (Å²) in [4.78, 5) is 10.8. The van der Waals surface area contributed by atoms with Crippen LogP contribution in [0.3, 0.4) is 0 Å². The van der Waals surface area contributed by atoms with Gasteiger partial charge >= 0.3 is 0 Å². The number of para-hydroxylation sites is 2. The molecule has 1 atom stereocenters. The number of piperidine rings is 1. The predicted molar refractivity (Wildman–Crippen MR) is 108 cm³/mol.